The summed E-state index contributed by atoms with van der Waals surface area (Å²) in [6.07, 6.45) is 11.3. The molecule has 0 fully saturated rings. The highest BCUT2D eigenvalue weighted by Crippen LogP contribution is 2.33. The summed E-state index contributed by atoms with van der Waals surface area (Å²) in [6, 6.07) is 6.58. The Balaban J connectivity index is 1.82. The molecule has 112 valence electrons. The Morgan fingerprint density at radius 2 is 1.95 bits per heavy atom. The van der Waals surface area contributed by atoms with Gasteiger partial charge < -0.3 is 10.5 Å². The van der Waals surface area contributed by atoms with Gasteiger partial charge in [0.05, 0.1) is 6.61 Å². The van der Waals surface area contributed by atoms with Crippen molar-refractivity contribution in [2.45, 2.75) is 70.8 Å². The predicted molar refractivity (Wildman–Crippen MR) is 85.2 cm³/mol. The molecule has 1 unspecified atom stereocenters. The highest BCUT2D eigenvalue weighted by molar-refractivity contribution is 5.44. The van der Waals surface area contributed by atoms with Crippen LogP contribution >= 0.6 is 0 Å². The van der Waals surface area contributed by atoms with Gasteiger partial charge in [0, 0.05) is 11.6 Å². The van der Waals surface area contributed by atoms with E-state index in [0.717, 1.165) is 31.6 Å². The van der Waals surface area contributed by atoms with E-state index in [4.69, 9.17) is 10.5 Å². The quantitative estimate of drug-likeness (QED) is 0.694. The Hall–Kier alpha value is -1.02. The van der Waals surface area contributed by atoms with Gasteiger partial charge in [-0.3, -0.25) is 0 Å². The smallest absolute Gasteiger partial charge is 0.127 e. The van der Waals surface area contributed by atoms with Crippen LogP contribution in [-0.2, 0) is 6.42 Å². The molecular formula is C18H29NO. The molecule has 2 N–H and O–H groups in total. The van der Waals surface area contributed by atoms with Gasteiger partial charge in [-0.05, 0) is 24.8 Å². The second-order valence-corrected chi connectivity index (χ2v) is 5.95. The lowest BCUT2D eigenvalue weighted by Crippen LogP contribution is -2.16. The summed E-state index contributed by atoms with van der Waals surface area (Å²) in [5.74, 6) is 1.08. The molecule has 0 aromatic heterocycles. The first-order chi connectivity index (χ1) is 9.83. The predicted octanol–water partition coefficient (Wildman–Crippen LogP) is 4.76. The van der Waals surface area contributed by atoms with Crippen LogP contribution in [0.25, 0.3) is 0 Å². The summed E-state index contributed by atoms with van der Waals surface area (Å²) in [7, 11) is 0. The van der Waals surface area contributed by atoms with Crippen molar-refractivity contribution < 1.29 is 4.74 Å². The van der Waals surface area contributed by atoms with Crippen LogP contribution in [0.5, 0.6) is 5.75 Å². The minimum atomic E-state index is 0.134. The molecule has 20 heavy (non-hydrogen) atoms. The molecule has 2 nitrogen and oxygen atoms in total. The van der Waals surface area contributed by atoms with E-state index >= 15 is 0 Å². The summed E-state index contributed by atoms with van der Waals surface area (Å²) in [5, 5.41) is 0. The van der Waals surface area contributed by atoms with Crippen LogP contribution in [0.3, 0.4) is 0 Å². The maximum Gasteiger partial charge on any atom is 0.127 e. The number of hydrogen-bond acceptors (Lipinski definition) is 2. The van der Waals surface area contributed by atoms with Gasteiger partial charge in [0.2, 0.25) is 0 Å². The molecule has 1 heterocycles. The van der Waals surface area contributed by atoms with E-state index in [2.05, 4.69) is 25.1 Å². The largest absolute Gasteiger partial charge is 0.493 e. The molecule has 1 atom stereocenters. The third-order valence-electron chi connectivity index (χ3n) is 4.23. The summed E-state index contributed by atoms with van der Waals surface area (Å²) in [5.41, 5.74) is 8.94. The van der Waals surface area contributed by atoms with E-state index in [1.54, 1.807) is 0 Å². The SMILES string of the molecule is CCCCCCCCC(N)c1cccc2c1OCCC2. The molecule has 1 aromatic carbocycles. The minimum absolute atomic E-state index is 0.134. The zero-order valence-electron chi connectivity index (χ0n) is 12.9. The van der Waals surface area contributed by atoms with Crippen LogP contribution in [0.2, 0.25) is 0 Å². The van der Waals surface area contributed by atoms with Crippen molar-refractivity contribution in [3.8, 4) is 5.75 Å². The van der Waals surface area contributed by atoms with Crippen LogP contribution in [0.15, 0.2) is 18.2 Å². The van der Waals surface area contributed by atoms with Crippen LogP contribution in [0, 0.1) is 0 Å². The Kier molecular flexibility index (Phi) is 6.38. The highest BCUT2D eigenvalue weighted by atomic mass is 16.5. The zero-order chi connectivity index (χ0) is 14.2. The second-order valence-electron chi connectivity index (χ2n) is 5.95. The van der Waals surface area contributed by atoms with Gasteiger partial charge in [0.15, 0.2) is 0 Å². The van der Waals surface area contributed by atoms with Gasteiger partial charge in [-0.15, -0.1) is 0 Å². The molecule has 0 spiro atoms. The molecule has 1 aliphatic rings. The third-order valence-corrected chi connectivity index (χ3v) is 4.23. The number of benzene rings is 1. The molecule has 2 rings (SSSR count). The monoisotopic (exact) mass is 275 g/mol. The first-order valence-corrected chi connectivity index (χ1v) is 8.33. The maximum absolute atomic E-state index is 6.38. The summed E-state index contributed by atoms with van der Waals surface area (Å²) < 4.78 is 5.86. The second kappa shape index (κ2) is 8.31. The molecule has 1 aromatic rings. The van der Waals surface area contributed by atoms with E-state index in [9.17, 15) is 0 Å². The average molecular weight is 275 g/mol. The fourth-order valence-electron chi connectivity index (χ4n) is 3.01. The van der Waals surface area contributed by atoms with Gasteiger partial charge in [-0.2, -0.15) is 0 Å². The molecule has 0 aliphatic carbocycles. The first kappa shape index (κ1) is 15.4. The number of para-hydroxylation sites is 1. The number of rotatable bonds is 8. The van der Waals surface area contributed by atoms with Crippen LogP contribution in [-0.4, -0.2) is 6.61 Å². The zero-order valence-corrected chi connectivity index (χ0v) is 12.9. The topological polar surface area (TPSA) is 35.2 Å². The Bertz CT molecular complexity index is 402. The van der Waals surface area contributed by atoms with E-state index < -0.39 is 0 Å². The third kappa shape index (κ3) is 4.24. The number of ether oxygens (including phenoxy) is 1. The van der Waals surface area contributed by atoms with Crippen LogP contribution in [0.1, 0.15) is 75.5 Å². The molecule has 0 amide bonds. The maximum atomic E-state index is 6.38. The molecule has 0 bridgehead atoms. The standard InChI is InChI=1S/C18H29NO/c1-2-3-4-5-6-7-13-17(19)16-12-8-10-15-11-9-14-20-18(15)16/h8,10,12,17H,2-7,9,11,13-14,19H2,1H3. The van der Waals surface area contributed by atoms with Crippen molar-refractivity contribution in [3.63, 3.8) is 0 Å². The Morgan fingerprint density at radius 1 is 1.15 bits per heavy atom. The van der Waals surface area contributed by atoms with Crippen LogP contribution in [0.4, 0.5) is 0 Å². The van der Waals surface area contributed by atoms with Crippen molar-refractivity contribution in [2.24, 2.45) is 5.73 Å². The van der Waals surface area contributed by atoms with Gasteiger partial charge >= 0.3 is 0 Å². The first-order valence-electron chi connectivity index (χ1n) is 8.33. The van der Waals surface area contributed by atoms with Crippen molar-refractivity contribution >= 4 is 0 Å². The Labute approximate surface area is 123 Å². The molecule has 0 radical (unpaired) electrons. The Morgan fingerprint density at radius 3 is 2.80 bits per heavy atom. The highest BCUT2D eigenvalue weighted by Gasteiger charge is 2.18. The summed E-state index contributed by atoms with van der Waals surface area (Å²) in [6.45, 7) is 3.10. The van der Waals surface area contributed by atoms with Crippen LogP contribution < -0.4 is 10.5 Å². The number of unbranched alkanes of at least 4 members (excludes halogenated alkanes) is 5. The average Bonchev–Trinajstić information content (AvgIpc) is 2.50. The lowest BCUT2D eigenvalue weighted by atomic mass is 9.95. The normalized spacial score (nSPS) is 15.5. The lowest BCUT2D eigenvalue weighted by molar-refractivity contribution is 0.282. The van der Waals surface area contributed by atoms with Crippen molar-refractivity contribution in [1.29, 1.82) is 0 Å². The summed E-state index contributed by atoms with van der Waals surface area (Å²) in [4.78, 5) is 0. The van der Waals surface area contributed by atoms with E-state index in [0.29, 0.717) is 0 Å². The molecular weight excluding hydrogens is 246 g/mol. The summed E-state index contributed by atoms with van der Waals surface area (Å²) >= 11 is 0. The van der Waals surface area contributed by atoms with Crippen molar-refractivity contribution in [2.75, 3.05) is 6.61 Å². The number of aryl methyl sites for hydroxylation is 1. The molecule has 0 saturated carbocycles. The minimum Gasteiger partial charge on any atom is -0.493 e. The fraction of sp³-hybridized carbons (Fsp3) is 0.667. The number of hydrogen-bond donors (Lipinski definition) is 1. The van der Waals surface area contributed by atoms with E-state index in [1.807, 2.05) is 0 Å². The molecule has 2 heteroatoms. The number of fused-ring (bicyclic) bond motifs is 1. The lowest BCUT2D eigenvalue weighted by Gasteiger charge is -2.23. The van der Waals surface area contributed by atoms with Gasteiger partial charge in [-0.25, -0.2) is 0 Å². The van der Waals surface area contributed by atoms with E-state index in [1.165, 1.54) is 49.7 Å². The van der Waals surface area contributed by atoms with Gasteiger partial charge in [-0.1, -0.05) is 63.6 Å². The molecule has 1 aliphatic heterocycles. The van der Waals surface area contributed by atoms with Gasteiger partial charge in [0.1, 0.15) is 5.75 Å². The fourth-order valence-corrected chi connectivity index (χ4v) is 3.01. The molecule has 0 saturated heterocycles. The number of nitrogens with two attached hydrogens (primary N) is 1. The van der Waals surface area contributed by atoms with Gasteiger partial charge in [0.25, 0.3) is 0 Å². The van der Waals surface area contributed by atoms with Crippen molar-refractivity contribution in [1.82, 2.24) is 0 Å². The van der Waals surface area contributed by atoms with E-state index in [-0.39, 0.29) is 6.04 Å². The van der Waals surface area contributed by atoms with Crippen molar-refractivity contribution in [3.05, 3.63) is 29.3 Å².